The molecule has 0 fully saturated rings. The highest BCUT2D eigenvalue weighted by Gasteiger charge is 2.20. The van der Waals surface area contributed by atoms with Crippen molar-refractivity contribution in [1.82, 2.24) is 5.32 Å². The number of carbonyl (C=O) groups excluding carboxylic acids is 1. The van der Waals surface area contributed by atoms with Gasteiger partial charge in [0, 0.05) is 13.2 Å². The average molecular weight is 256 g/mol. The summed E-state index contributed by atoms with van der Waals surface area (Å²) < 4.78 is 12.9. The quantitative estimate of drug-likeness (QED) is 0.455. The molecule has 0 aliphatic carbocycles. The first-order chi connectivity index (χ1) is 8.56. The van der Waals surface area contributed by atoms with Crippen LogP contribution in [0.2, 0.25) is 0 Å². The first kappa shape index (κ1) is 14.0. The molecule has 1 rings (SSSR count). The monoisotopic (exact) mass is 256 g/mol. The van der Waals surface area contributed by atoms with E-state index in [4.69, 9.17) is 5.11 Å². The van der Waals surface area contributed by atoms with E-state index < -0.39 is 22.3 Å². The Balaban J connectivity index is 2.76. The van der Waals surface area contributed by atoms with Crippen molar-refractivity contribution in [3.8, 4) is 0 Å². The predicted molar refractivity (Wildman–Crippen MR) is 61.7 cm³/mol. The molecule has 1 amide bonds. The molecule has 1 aromatic rings. The molecular weight excluding hydrogens is 243 g/mol. The van der Waals surface area contributed by atoms with Crippen molar-refractivity contribution in [3.05, 3.63) is 39.7 Å². The Morgan fingerprint density at radius 3 is 2.78 bits per heavy atom. The van der Waals surface area contributed by atoms with Crippen molar-refractivity contribution in [1.29, 1.82) is 0 Å². The second kappa shape index (κ2) is 6.65. The summed E-state index contributed by atoms with van der Waals surface area (Å²) in [5.74, 6) is -1.39. The van der Waals surface area contributed by atoms with Gasteiger partial charge in [-0.3, -0.25) is 14.9 Å². The van der Waals surface area contributed by atoms with Gasteiger partial charge in [-0.1, -0.05) is 0 Å². The number of aliphatic hydroxyl groups excluding tert-OH is 1. The third-order valence-electron chi connectivity index (χ3n) is 2.27. The smallest absolute Gasteiger partial charge is 0.285 e. The van der Waals surface area contributed by atoms with Crippen molar-refractivity contribution < 1.29 is 19.2 Å². The molecule has 2 N–H and O–H groups in total. The Bertz CT molecular complexity index is 451. The zero-order valence-corrected chi connectivity index (χ0v) is 9.56. The lowest BCUT2D eigenvalue weighted by Crippen LogP contribution is -2.25. The lowest BCUT2D eigenvalue weighted by molar-refractivity contribution is -0.385. The standard InChI is InChI=1S/C11H13FN2O4/c12-8-3-4-9(10(7-8)14(17)18)11(16)13-5-1-2-6-15/h3-4,7,15H,1-2,5-6H2,(H,13,16). The minimum absolute atomic E-state index is 0.0204. The van der Waals surface area contributed by atoms with E-state index in [1.807, 2.05) is 0 Å². The van der Waals surface area contributed by atoms with Crippen LogP contribution < -0.4 is 5.32 Å². The van der Waals surface area contributed by atoms with Gasteiger partial charge in [-0.2, -0.15) is 0 Å². The predicted octanol–water partition coefficient (Wildman–Crippen LogP) is 1.24. The lowest BCUT2D eigenvalue weighted by atomic mass is 10.1. The fourth-order valence-electron chi connectivity index (χ4n) is 1.38. The summed E-state index contributed by atoms with van der Waals surface area (Å²) in [5.41, 5.74) is -0.736. The molecule has 0 heterocycles. The lowest BCUT2D eigenvalue weighted by Gasteiger charge is -2.05. The molecule has 0 atom stereocenters. The van der Waals surface area contributed by atoms with Crippen LogP contribution in [0.15, 0.2) is 18.2 Å². The number of benzene rings is 1. The number of hydrogen-bond acceptors (Lipinski definition) is 4. The number of nitrogens with one attached hydrogen (secondary N) is 1. The average Bonchev–Trinajstić information content (AvgIpc) is 2.34. The van der Waals surface area contributed by atoms with E-state index in [0.29, 0.717) is 25.5 Å². The van der Waals surface area contributed by atoms with E-state index in [1.54, 1.807) is 0 Å². The highest BCUT2D eigenvalue weighted by molar-refractivity contribution is 5.98. The number of halogens is 1. The van der Waals surface area contributed by atoms with Crippen LogP contribution in [0.25, 0.3) is 0 Å². The zero-order valence-electron chi connectivity index (χ0n) is 9.56. The van der Waals surface area contributed by atoms with Gasteiger partial charge in [-0.25, -0.2) is 4.39 Å². The molecule has 0 saturated heterocycles. The maximum atomic E-state index is 12.9. The summed E-state index contributed by atoms with van der Waals surface area (Å²) >= 11 is 0. The van der Waals surface area contributed by atoms with E-state index in [-0.39, 0.29) is 12.2 Å². The molecule has 0 aliphatic heterocycles. The third-order valence-corrected chi connectivity index (χ3v) is 2.27. The van der Waals surface area contributed by atoms with Crippen LogP contribution in [0.3, 0.4) is 0 Å². The minimum Gasteiger partial charge on any atom is -0.396 e. The number of nitrogens with zero attached hydrogens (tertiary/aromatic N) is 1. The first-order valence-corrected chi connectivity index (χ1v) is 5.39. The van der Waals surface area contributed by atoms with Gasteiger partial charge < -0.3 is 10.4 Å². The Morgan fingerprint density at radius 2 is 2.17 bits per heavy atom. The maximum Gasteiger partial charge on any atom is 0.285 e. The van der Waals surface area contributed by atoms with Crippen molar-refractivity contribution in [2.24, 2.45) is 0 Å². The summed E-state index contributed by atoms with van der Waals surface area (Å²) in [6.45, 7) is 0.320. The van der Waals surface area contributed by atoms with Gasteiger partial charge in [0.15, 0.2) is 0 Å². The summed E-state index contributed by atoms with van der Waals surface area (Å²) in [6, 6.07) is 2.78. The fourth-order valence-corrected chi connectivity index (χ4v) is 1.38. The van der Waals surface area contributed by atoms with E-state index in [2.05, 4.69) is 5.32 Å². The molecule has 0 unspecified atom stereocenters. The Labute approximate surface area is 103 Å². The third kappa shape index (κ3) is 3.77. The number of unbranched alkanes of at least 4 members (excludes halogenated alkanes) is 1. The Kier molecular flexibility index (Phi) is 5.19. The van der Waals surface area contributed by atoms with Crippen LogP contribution in [-0.2, 0) is 0 Å². The molecule has 0 saturated carbocycles. The van der Waals surface area contributed by atoms with Gasteiger partial charge in [-0.05, 0) is 25.0 Å². The molecule has 0 bridgehead atoms. The maximum absolute atomic E-state index is 12.9. The minimum atomic E-state index is -0.800. The second-order valence-electron chi connectivity index (χ2n) is 3.61. The Hall–Kier alpha value is -2.02. The number of rotatable bonds is 6. The van der Waals surface area contributed by atoms with Crippen LogP contribution in [0.5, 0.6) is 0 Å². The van der Waals surface area contributed by atoms with Crippen LogP contribution >= 0.6 is 0 Å². The van der Waals surface area contributed by atoms with Crippen molar-refractivity contribution in [2.75, 3.05) is 13.2 Å². The normalized spacial score (nSPS) is 10.1. The molecule has 7 heteroatoms. The summed E-state index contributed by atoms with van der Waals surface area (Å²) in [7, 11) is 0. The molecule has 0 aromatic heterocycles. The molecule has 0 aliphatic rings. The van der Waals surface area contributed by atoms with Crippen LogP contribution in [0.1, 0.15) is 23.2 Å². The zero-order chi connectivity index (χ0) is 13.5. The van der Waals surface area contributed by atoms with Gasteiger partial charge in [0.05, 0.1) is 11.0 Å². The summed E-state index contributed by atoms with van der Waals surface area (Å²) in [6.07, 6.45) is 1.10. The van der Waals surface area contributed by atoms with Crippen molar-refractivity contribution >= 4 is 11.6 Å². The summed E-state index contributed by atoms with van der Waals surface area (Å²) in [4.78, 5) is 21.5. The number of hydrogen-bond donors (Lipinski definition) is 2. The summed E-state index contributed by atoms with van der Waals surface area (Å²) in [5, 5.41) is 21.7. The van der Waals surface area contributed by atoms with Crippen molar-refractivity contribution in [2.45, 2.75) is 12.8 Å². The van der Waals surface area contributed by atoms with Gasteiger partial charge in [0.2, 0.25) is 0 Å². The molecule has 0 spiro atoms. The molecule has 98 valence electrons. The molecule has 18 heavy (non-hydrogen) atoms. The fraction of sp³-hybridized carbons (Fsp3) is 0.364. The number of aliphatic hydroxyl groups is 1. The number of amides is 1. The SMILES string of the molecule is O=C(NCCCCO)c1ccc(F)cc1[N+](=O)[O-]. The number of nitro benzene ring substituents is 1. The Morgan fingerprint density at radius 1 is 1.44 bits per heavy atom. The van der Waals surface area contributed by atoms with Crippen LogP contribution in [-0.4, -0.2) is 29.1 Å². The molecule has 0 radical (unpaired) electrons. The van der Waals surface area contributed by atoms with Gasteiger partial charge >= 0.3 is 0 Å². The van der Waals surface area contributed by atoms with E-state index >= 15 is 0 Å². The molecular formula is C11H13FN2O4. The van der Waals surface area contributed by atoms with E-state index in [0.717, 1.165) is 12.1 Å². The van der Waals surface area contributed by atoms with E-state index in [9.17, 15) is 19.3 Å². The molecule has 1 aromatic carbocycles. The topological polar surface area (TPSA) is 92.5 Å². The van der Waals surface area contributed by atoms with Gasteiger partial charge in [0.1, 0.15) is 11.4 Å². The number of nitro groups is 1. The number of carbonyl (C=O) groups is 1. The largest absolute Gasteiger partial charge is 0.396 e. The van der Waals surface area contributed by atoms with Gasteiger partial charge in [-0.15, -0.1) is 0 Å². The van der Waals surface area contributed by atoms with Crippen molar-refractivity contribution in [3.63, 3.8) is 0 Å². The highest BCUT2D eigenvalue weighted by Crippen LogP contribution is 2.19. The van der Waals surface area contributed by atoms with Crippen LogP contribution in [0.4, 0.5) is 10.1 Å². The van der Waals surface area contributed by atoms with Gasteiger partial charge in [0.25, 0.3) is 11.6 Å². The highest BCUT2D eigenvalue weighted by atomic mass is 19.1. The molecule has 6 nitrogen and oxygen atoms in total. The second-order valence-corrected chi connectivity index (χ2v) is 3.61. The van der Waals surface area contributed by atoms with E-state index in [1.165, 1.54) is 0 Å². The first-order valence-electron chi connectivity index (χ1n) is 5.39. The van der Waals surface area contributed by atoms with Crippen LogP contribution in [0, 0.1) is 15.9 Å².